The lowest BCUT2D eigenvalue weighted by Crippen LogP contribution is -2.27. The fraction of sp³-hybridized carbons (Fsp3) is 1.00. The van der Waals surface area contributed by atoms with Crippen molar-refractivity contribution in [3.05, 3.63) is 0 Å². The Morgan fingerprint density at radius 3 is 1.82 bits per heavy atom. The molecule has 2 saturated heterocycles. The molecule has 0 aromatic heterocycles. The maximum atomic E-state index is 5.55. The Hall–Kier alpha value is 0.270. The van der Waals surface area contributed by atoms with Crippen molar-refractivity contribution in [1.82, 2.24) is 10.2 Å². The summed E-state index contributed by atoms with van der Waals surface area (Å²) < 4.78 is 11.1. The minimum Gasteiger partial charge on any atom is -0.171 e. The van der Waals surface area contributed by atoms with Crippen LogP contribution >= 0.6 is 8.02 Å². The minimum absolute atomic E-state index is 0.418. The third kappa shape index (κ3) is 1.42. The Bertz CT molecular complexity index is 149. The van der Waals surface area contributed by atoms with Crippen LogP contribution in [-0.4, -0.2) is 25.3 Å². The Balaban J connectivity index is 2.02. The second-order valence-corrected chi connectivity index (χ2v) is 5.34. The quantitative estimate of drug-likeness (QED) is 0.534. The molecule has 2 heterocycles. The molecule has 2 unspecified atom stereocenters. The van der Waals surface area contributed by atoms with Gasteiger partial charge in [0.05, 0.1) is 12.1 Å². The van der Waals surface area contributed by atoms with E-state index >= 15 is 0 Å². The van der Waals surface area contributed by atoms with Gasteiger partial charge in [0.25, 0.3) is 0 Å². The average molecular weight is 177 g/mol. The SMILES string of the molecule is CC1CO[P+]2(N1)NC(C)CO2. The van der Waals surface area contributed by atoms with Gasteiger partial charge in [-0.15, -0.1) is 10.2 Å². The molecule has 2 rings (SSSR count). The number of rotatable bonds is 0. The molecule has 2 atom stereocenters. The third-order valence-corrected chi connectivity index (χ3v) is 4.38. The molecule has 64 valence electrons. The minimum atomic E-state index is -1.81. The molecule has 0 aromatic carbocycles. The van der Waals surface area contributed by atoms with Gasteiger partial charge in [-0.1, -0.05) is 0 Å². The van der Waals surface area contributed by atoms with Gasteiger partial charge in [0.2, 0.25) is 0 Å². The summed E-state index contributed by atoms with van der Waals surface area (Å²) in [6.45, 7) is 5.71. The summed E-state index contributed by atoms with van der Waals surface area (Å²) >= 11 is 0. The second kappa shape index (κ2) is 2.64. The molecule has 0 radical (unpaired) electrons. The van der Waals surface area contributed by atoms with E-state index in [9.17, 15) is 0 Å². The zero-order chi connectivity index (χ0) is 7.90. The molecule has 0 aromatic rings. The summed E-state index contributed by atoms with van der Waals surface area (Å²) in [5, 5.41) is 6.63. The van der Waals surface area contributed by atoms with Crippen molar-refractivity contribution >= 4 is 8.02 Å². The van der Waals surface area contributed by atoms with E-state index in [1.807, 2.05) is 0 Å². The van der Waals surface area contributed by atoms with E-state index in [2.05, 4.69) is 24.0 Å². The fourth-order valence-electron chi connectivity index (χ4n) is 1.31. The first kappa shape index (κ1) is 7.90. The summed E-state index contributed by atoms with van der Waals surface area (Å²) in [5.74, 6) is 0. The second-order valence-electron chi connectivity index (χ2n) is 3.20. The van der Waals surface area contributed by atoms with Crippen molar-refractivity contribution in [3.8, 4) is 0 Å². The highest BCUT2D eigenvalue weighted by atomic mass is 31.2. The highest BCUT2D eigenvalue weighted by Crippen LogP contribution is 2.59. The van der Waals surface area contributed by atoms with Crippen LogP contribution in [0.5, 0.6) is 0 Å². The van der Waals surface area contributed by atoms with Crippen LogP contribution in [0.15, 0.2) is 0 Å². The highest BCUT2D eigenvalue weighted by molar-refractivity contribution is 7.63. The van der Waals surface area contributed by atoms with Gasteiger partial charge in [0.1, 0.15) is 13.2 Å². The van der Waals surface area contributed by atoms with Crippen molar-refractivity contribution in [2.45, 2.75) is 25.9 Å². The first-order chi connectivity index (χ1) is 5.20. The van der Waals surface area contributed by atoms with Crippen molar-refractivity contribution in [3.63, 3.8) is 0 Å². The monoisotopic (exact) mass is 177 g/mol. The van der Waals surface area contributed by atoms with E-state index < -0.39 is 8.02 Å². The lowest BCUT2D eigenvalue weighted by molar-refractivity contribution is 0.277. The molecule has 0 saturated carbocycles. The van der Waals surface area contributed by atoms with Crippen LogP contribution in [0.2, 0.25) is 0 Å². The van der Waals surface area contributed by atoms with Gasteiger partial charge >= 0.3 is 8.02 Å². The summed E-state index contributed by atoms with van der Waals surface area (Å²) in [6, 6.07) is 0.835. The van der Waals surface area contributed by atoms with E-state index in [1.165, 1.54) is 0 Å². The van der Waals surface area contributed by atoms with Crippen LogP contribution in [-0.2, 0) is 9.05 Å². The van der Waals surface area contributed by atoms with Crippen LogP contribution in [0.1, 0.15) is 13.8 Å². The first-order valence-corrected chi connectivity index (χ1v) is 5.56. The molecular weight excluding hydrogens is 163 g/mol. The van der Waals surface area contributed by atoms with E-state index in [4.69, 9.17) is 9.05 Å². The Morgan fingerprint density at radius 1 is 1.09 bits per heavy atom. The van der Waals surface area contributed by atoms with Gasteiger partial charge in [-0.05, 0) is 13.8 Å². The smallest absolute Gasteiger partial charge is 0.171 e. The first-order valence-electron chi connectivity index (χ1n) is 3.94. The summed E-state index contributed by atoms with van der Waals surface area (Å²) in [5.41, 5.74) is 0. The Morgan fingerprint density at radius 2 is 1.55 bits per heavy atom. The van der Waals surface area contributed by atoms with Crippen molar-refractivity contribution in [1.29, 1.82) is 0 Å². The van der Waals surface area contributed by atoms with E-state index in [-0.39, 0.29) is 0 Å². The van der Waals surface area contributed by atoms with Gasteiger partial charge in [0, 0.05) is 0 Å². The van der Waals surface area contributed by atoms with Crippen molar-refractivity contribution in [2.24, 2.45) is 0 Å². The van der Waals surface area contributed by atoms with E-state index in [0.29, 0.717) is 12.1 Å². The molecule has 1 spiro atoms. The van der Waals surface area contributed by atoms with Crippen LogP contribution in [0, 0.1) is 0 Å². The molecule has 0 amide bonds. The molecular formula is C6H14N2O2P+. The van der Waals surface area contributed by atoms with E-state index in [0.717, 1.165) is 13.2 Å². The van der Waals surface area contributed by atoms with Crippen LogP contribution in [0.4, 0.5) is 0 Å². The van der Waals surface area contributed by atoms with Gasteiger partial charge in [-0.25, -0.2) is 0 Å². The molecule has 0 bridgehead atoms. The predicted octanol–water partition coefficient (Wildman–Crippen LogP) is 0.681. The van der Waals surface area contributed by atoms with Crippen molar-refractivity contribution in [2.75, 3.05) is 13.2 Å². The zero-order valence-electron chi connectivity index (χ0n) is 6.83. The summed E-state index contributed by atoms with van der Waals surface area (Å²) in [7, 11) is -1.81. The molecule has 2 N–H and O–H groups in total. The standard InChI is InChI=1S/C6H14N2O2P/c1-5-3-9-11(7-5)8-6(2)4-10-11/h5-8H,3-4H2,1-2H3/q+1. The van der Waals surface area contributed by atoms with Gasteiger partial charge in [-0.2, -0.15) is 9.05 Å². The lowest BCUT2D eigenvalue weighted by atomic mass is 10.4. The van der Waals surface area contributed by atoms with Crippen LogP contribution in [0.3, 0.4) is 0 Å². The molecule has 11 heavy (non-hydrogen) atoms. The summed E-state index contributed by atoms with van der Waals surface area (Å²) in [6.07, 6.45) is 0. The normalized spacial score (nSPS) is 50.7. The number of hydrogen-bond donors (Lipinski definition) is 2. The maximum Gasteiger partial charge on any atom is 0.431 e. The maximum absolute atomic E-state index is 5.55. The molecule has 4 nitrogen and oxygen atoms in total. The van der Waals surface area contributed by atoms with E-state index in [1.54, 1.807) is 0 Å². The predicted molar refractivity (Wildman–Crippen MR) is 44.0 cm³/mol. The van der Waals surface area contributed by atoms with Gasteiger partial charge < -0.3 is 0 Å². The van der Waals surface area contributed by atoms with Gasteiger partial charge in [0.15, 0.2) is 0 Å². The zero-order valence-corrected chi connectivity index (χ0v) is 7.73. The number of hydrogen-bond acceptors (Lipinski definition) is 4. The van der Waals surface area contributed by atoms with Crippen molar-refractivity contribution < 1.29 is 9.05 Å². The lowest BCUT2D eigenvalue weighted by Gasteiger charge is -2.09. The summed E-state index contributed by atoms with van der Waals surface area (Å²) in [4.78, 5) is 0. The Kier molecular flexibility index (Phi) is 1.90. The largest absolute Gasteiger partial charge is 0.431 e. The molecule has 2 fully saturated rings. The third-order valence-electron chi connectivity index (χ3n) is 1.79. The fourth-order valence-corrected chi connectivity index (χ4v) is 3.94. The molecule has 2 aliphatic rings. The highest BCUT2D eigenvalue weighted by Gasteiger charge is 2.55. The number of nitrogens with one attached hydrogen (secondary N) is 2. The Labute approximate surface area is 67.2 Å². The molecule has 5 heteroatoms. The molecule has 2 aliphatic heterocycles. The molecule has 0 aliphatic carbocycles. The van der Waals surface area contributed by atoms with Gasteiger partial charge in [-0.3, -0.25) is 0 Å². The van der Waals surface area contributed by atoms with Crippen LogP contribution < -0.4 is 10.2 Å². The average Bonchev–Trinajstić information content (AvgIpc) is 2.44. The van der Waals surface area contributed by atoms with Crippen LogP contribution in [0.25, 0.3) is 0 Å². The topological polar surface area (TPSA) is 42.5 Å².